The molecule has 1 saturated carbocycles. The molecule has 0 atom stereocenters. The smallest absolute Gasteiger partial charge is 0.207 e. The summed E-state index contributed by atoms with van der Waals surface area (Å²) >= 11 is 0. The van der Waals surface area contributed by atoms with Gasteiger partial charge in [-0.2, -0.15) is 9.98 Å². The SMILES string of the molecule is N#CC1(NS(=O)(=O)c2cccc(F)c2)CCCCC1. The highest BCUT2D eigenvalue weighted by atomic mass is 32.2. The van der Waals surface area contributed by atoms with Gasteiger partial charge in [0.1, 0.15) is 11.4 Å². The largest absolute Gasteiger partial charge is 0.242 e. The molecule has 1 aliphatic rings. The van der Waals surface area contributed by atoms with Crippen LogP contribution in [0.2, 0.25) is 0 Å². The number of sulfonamides is 1. The standard InChI is InChI=1S/C13H15FN2O2S/c14-11-5-4-6-12(9-11)19(17,18)16-13(10-15)7-2-1-3-8-13/h4-6,9,16H,1-3,7-8H2. The predicted octanol–water partition coefficient (Wildman–Crippen LogP) is 2.33. The summed E-state index contributed by atoms with van der Waals surface area (Å²) in [5.74, 6) is -0.613. The Morgan fingerprint density at radius 1 is 1.26 bits per heavy atom. The highest BCUT2D eigenvalue weighted by molar-refractivity contribution is 7.89. The average molecular weight is 282 g/mol. The van der Waals surface area contributed by atoms with E-state index in [0.717, 1.165) is 25.3 Å². The molecule has 0 aliphatic heterocycles. The Bertz CT molecular complexity index is 601. The number of benzene rings is 1. The number of nitriles is 1. The Morgan fingerprint density at radius 3 is 2.53 bits per heavy atom. The third-order valence-corrected chi connectivity index (χ3v) is 4.89. The van der Waals surface area contributed by atoms with Crippen LogP contribution in [0.3, 0.4) is 0 Å². The number of nitrogens with zero attached hydrogens (tertiary/aromatic N) is 1. The van der Waals surface area contributed by atoms with Gasteiger partial charge >= 0.3 is 0 Å². The molecule has 6 heteroatoms. The normalized spacial score (nSPS) is 18.7. The summed E-state index contributed by atoms with van der Waals surface area (Å²) in [6.07, 6.45) is 3.64. The van der Waals surface area contributed by atoms with Crippen molar-refractivity contribution in [3.05, 3.63) is 30.1 Å². The van der Waals surface area contributed by atoms with Crippen LogP contribution in [0.5, 0.6) is 0 Å². The van der Waals surface area contributed by atoms with Crippen LogP contribution in [-0.4, -0.2) is 14.0 Å². The first-order chi connectivity index (χ1) is 8.97. The molecule has 1 N–H and O–H groups in total. The van der Waals surface area contributed by atoms with E-state index in [1.807, 2.05) is 0 Å². The summed E-state index contributed by atoms with van der Waals surface area (Å²) in [5, 5.41) is 9.26. The molecule has 1 aromatic carbocycles. The summed E-state index contributed by atoms with van der Waals surface area (Å²) in [6, 6.07) is 6.86. The monoisotopic (exact) mass is 282 g/mol. The van der Waals surface area contributed by atoms with E-state index in [1.165, 1.54) is 18.2 Å². The Hall–Kier alpha value is -1.45. The molecule has 0 heterocycles. The van der Waals surface area contributed by atoms with Gasteiger partial charge in [-0.05, 0) is 31.0 Å². The number of rotatable bonds is 3. The molecule has 0 unspecified atom stereocenters. The Kier molecular flexibility index (Phi) is 3.88. The maximum atomic E-state index is 13.1. The van der Waals surface area contributed by atoms with Crippen molar-refractivity contribution in [3.63, 3.8) is 0 Å². The molecule has 1 fully saturated rings. The van der Waals surface area contributed by atoms with Crippen molar-refractivity contribution in [2.45, 2.75) is 42.5 Å². The zero-order chi connectivity index (χ0) is 13.9. The molecule has 1 aromatic rings. The van der Waals surface area contributed by atoms with E-state index in [4.69, 9.17) is 0 Å². The van der Waals surface area contributed by atoms with Gasteiger partial charge in [0.25, 0.3) is 0 Å². The molecule has 102 valence electrons. The van der Waals surface area contributed by atoms with Crippen molar-refractivity contribution in [1.29, 1.82) is 5.26 Å². The number of hydrogen-bond acceptors (Lipinski definition) is 3. The Morgan fingerprint density at radius 2 is 1.95 bits per heavy atom. The van der Waals surface area contributed by atoms with Gasteiger partial charge in [0, 0.05) is 0 Å². The third kappa shape index (κ3) is 3.11. The number of nitrogens with one attached hydrogen (secondary N) is 1. The van der Waals surface area contributed by atoms with Gasteiger partial charge < -0.3 is 0 Å². The molecular weight excluding hydrogens is 267 g/mol. The zero-order valence-electron chi connectivity index (χ0n) is 10.4. The van der Waals surface area contributed by atoms with E-state index < -0.39 is 21.4 Å². The fraction of sp³-hybridized carbons (Fsp3) is 0.462. The second-order valence-corrected chi connectivity index (χ2v) is 6.50. The first-order valence-corrected chi connectivity index (χ1v) is 7.67. The molecule has 0 bridgehead atoms. The lowest BCUT2D eigenvalue weighted by atomic mass is 9.84. The fourth-order valence-corrected chi connectivity index (χ4v) is 3.75. The van der Waals surface area contributed by atoms with Crippen LogP contribution in [0.4, 0.5) is 4.39 Å². The summed E-state index contributed by atoms with van der Waals surface area (Å²) in [7, 11) is -3.87. The van der Waals surface area contributed by atoms with Gasteiger partial charge in [-0.1, -0.05) is 25.3 Å². The number of hydrogen-bond donors (Lipinski definition) is 1. The minimum absolute atomic E-state index is 0.146. The minimum Gasteiger partial charge on any atom is -0.207 e. The maximum Gasteiger partial charge on any atom is 0.242 e. The van der Waals surface area contributed by atoms with Crippen molar-refractivity contribution in [2.75, 3.05) is 0 Å². The minimum atomic E-state index is -3.87. The summed E-state index contributed by atoms with van der Waals surface area (Å²) < 4.78 is 39.9. The van der Waals surface area contributed by atoms with Crippen molar-refractivity contribution >= 4 is 10.0 Å². The van der Waals surface area contributed by atoms with E-state index >= 15 is 0 Å². The lowest BCUT2D eigenvalue weighted by Crippen LogP contribution is -2.48. The predicted molar refractivity (Wildman–Crippen MR) is 68.2 cm³/mol. The molecule has 4 nitrogen and oxygen atoms in total. The van der Waals surface area contributed by atoms with Crippen molar-refractivity contribution in [3.8, 4) is 6.07 Å². The van der Waals surface area contributed by atoms with Crippen LogP contribution < -0.4 is 4.72 Å². The summed E-state index contributed by atoms with van der Waals surface area (Å²) in [5.41, 5.74) is -1.05. The van der Waals surface area contributed by atoms with Crippen LogP contribution in [0.1, 0.15) is 32.1 Å². The summed E-state index contributed by atoms with van der Waals surface area (Å²) in [6.45, 7) is 0. The topological polar surface area (TPSA) is 70.0 Å². The molecule has 0 aromatic heterocycles. The van der Waals surface area contributed by atoms with Gasteiger partial charge in [-0.25, -0.2) is 12.8 Å². The molecule has 19 heavy (non-hydrogen) atoms. The van der Waals surface area contributed by atoms with Crippen molar-refractivity contribution < 1.29 is 12.8 Å². The average Bonchev–Trinajstić information content (AvgIpc) is 2.39. The van der Waals surface area contributed by atoms with Crippen LogP contribution in [0.15, 0.2) is 29.2 Å². The second-order valence-electron chi connectivity index (χ2n) is 4.82. The van der Waals surface area contributed by atoms with Crippen LogP contribution in [0, 0.1) is 17.1 Å². The van der Waals surface area contributed by atoms with E-state index in [2.05, 4.69) is 10.8 Å². The second kappa shape index (κ2) is 5.27. The third-order valence-electron chi connectivity index (χ3n) is 3.36. The lowest BCUT2D eigenvalue weighted by Gasteiger charge is -2.31. The van der Waals surface area contributed by atoms with Gasteiger partial charge in [-0.3, -0.25) is 0 Å². The molecule has 2 rings (SSSR count). The van der Waals surface area contributed by atoms with Gasteiger partial charge in [0.15, 0.2) is 0 Å². The van der Waals surface area contributed by atoms with E-state index in [-0.39, 0.29) is 4.90 Å². The van der Waals surface area contributed by atoms with E-state index in [9.17, 15) is 18.1 Å². The van der Waals surface area contributed by atoms with E-state index in [1.54, 1.807) is 0 Å². The zero-order valence-corrected chi connectivity index (χ0v) is 11.2. The maximum absolute atomic E-state index is 13.1. The molecule has 0 spiro atoms. The molecule has 0 radical (unpaired) electrons. The van der Waals surface area contributed by atoms with Crippen LogP contribution in [-0.2, 0) is 10.0 Å². The summed E-state index contributed by atoms with van der Waals surface area (Å²) in [4.78, 5) is -0.146. The molecule has 0 saturated heterocycles. The van der Waals surface area contributed by atoms with Crippen molar-refractivity contribution in [2.24, 2.45) is 0 Å². The Labute approximate surface area is 112 Å². The van der Waals surface area contributed by atoms with Crippen LogP contribution >= 0.6 is 0 Å². The molecule has 1 aliphatic carbocycles. The van der Waals surface area contributed by atoms with Gasteiger partial charge in [0.2, 0.25) is 10.0 Å². The van der Waals surface area contributed by atoms with E-state index in [0.29, 0.717) is 12.8 Å². The quantitative estimate of drug-likeness (QED) is 0.925. The Balaban J connectivity index is 2.28. The number of halogens is 1. The fourth-order valence-electron chi connectivity index (χ4n) is 2.34. The lowest BCUT2D eigenvalue weighted by molar-refractivity contribution is 0.338. The molecular formula is C13H15FN2O2S. The first kappa shape index (κ1) is 14.0. The van der Waals surface area contributed by atoms with Gasteiger partial charge in [-0.15, -0.1) is 0 Å². The van der Waals surface area contributed by atoms with Crippen LogP contribution in [0.25, 0.3) is 0 Å². The highest BCUT2D eigenvalue weighted by Crippen LogP contribution is 2.29. The van der Waals surface area contributed by atoms with Gasteiger partial charge in [0.05, 0.1) is 11.0 Å². The van der Waals surface area contributed by atoms with Crippen molar-refractivity contribution in [1.82, 2.24) is 4.72 Å². The molecule has 0 amide bonds. The highest BCUT2D eigenvalue weighted by Gasteiger charge is 2.36. The first-order valence-electron chi connectivity index (χ1n) is 6.18.